The van der Waals surface area contributed by atoms with Crippen molar-refractivity contribution in [2.45, 2.75) is 0 Å². The molecular formula is C22H26O8. The Labute approximate surface area is 175 Å². The van der Waals surface area contributed by atoms with Crippen LogP contribution in [0.2, 0.25) is 0 Å². The SMILES string of the molecule is COC1=CC(=C[C@@H](CO)[C@@H](C=C2C=C(OC)C(=O)C(OC)=C2)CO)C=C(OC)C1=O. The molecule has 2 N–H and O–H groups in total. The number of carbonyl (C=O) groups is 2. The van der Waals surface area contributed by atoms with Crippen LogP contribution in [0.15, 0.2) is 70.6 Å². The van der Waals surface area contributed by atoms with Crippen molar-refractivity contribution in [2.24, 2.45) is 11.8 Å². The van der Waals surface area contributed by atoms with Crippen molar-refractivity contribution in [2.75, 3.05) is 41.7 Å². The lowest BCUT2D eigenvalue weighted by Gasteiger charge is -2.21. The van der Waals surface area contributed by atoms with Crippen LogP contribution in [0.5, 0.6) is 0 Å². The minimum Gasteiger partial charge on any atom is -0.492 e. The third-order valence-corrected chi connectivity index (χ3v) is 4.75. The largest absolute Gasteiger partial charge is 0.492 e. The first-order valence-electron chi connectivity index (χ1n) is 9.19. The van der Waals surface area contributed by atoms with E-state index in [0.717, 1.165) is 0 Å². The van der Waals surface area contributed by atoms with Crippen LogP contribution in [-0.2, 0) is 28.5 Å². The van der Waals surface area contributed by atoms with E-state index >= 15 is 0 Å². The fraction of sp³-hybridized carbons (Fsp3) is 0.364. The van der Waals surface area contributed by atoms with E-state index in [1.807, 2.05) is 0 Å². The molecule has 0 aliphatic heterocycles. The highest BCUT2D eigenvalue weighted by Gasteiger charge is 2.25. The molecule has 0 radical (unpaired) electrons. The van der Waals surface area contributed by atoms with Gasteiger partial charge in [0.05, 0.1) is 41.7 Å². The van der Waals surface area contributed by atoms with Gasteiger partial charge in [-0.2, -0.15) is 0 Å². The third kappa shape index (κ3) is 5.08. The molecule has 8 nitrogen and oxygen atoms in total. The van der Waals surface area contributed by atoms with Crippen molar-refractivity contribution in [3.05, 3.63) is 70.6 Å². The summed E-state index contributed by atoms with van der Waals surface area (Å²) >= 11 is 0. The van der Waals surface area contributed by atoms with Crippen molar-refractivity contribution in [3.8, 4) is 0 Å². The quantitative estimate of drug-likeness (QED) is 0.577. The summed E-state index contributed by atoms with van der Waals surface area (Å²) in [7, 11) is 5.53. The van der Waals surface area contributed by atoms with Gasteiger partial charge in [-0.3, -0.25) is 9.59 Å². The van der Waals surface area contributed by atoms with Gasteiger partial charge < -0.3 is 29.2 Å². The third-order valence-electron chi connectivity index (χ3n) is 4.75. The summed E-state index contributed by atoms with van der Waals surface area (Å²) in [5.74, 6) is -1.29. The van der Waals surface area contributed by atoms with Gasteiger partial charge in [0.15, 0.2) is 23.0 Å². The maximum absolute atomic E-state index is 12.1. The van der Waals surface area contributed by atoms with Gasteiger partial charge in [-0.15, -0.1) is 0 Å². The molecule has 8 heteroatoms. The van der Waals surface area contributed by atoms with Crippen molar-refractivity contribution in [3.63, 3.8) is 0 Å². The highest BCUT2D eigenvalue weighted by molar-refractivity contribution is 6.08. The molecule has 0 fully saturated rings. The van der Waals surface area contributed by atoms with E-state index < -0.39 is 11.8 Å². The standard InChI is InChI=1S/C22H26O8/c1-27-17-7-13(8-18(28-2)21(17)25)5-15(11-23)16(12-24)6-14-9-19(29-3)22(26)20(10-14)30-4/h5-10,15-16,23-24H,11-12H2,1-4H3/t15-,16-/m0/s1. The minimum atomic E-state index is -0.495. The average molecular weight is 418 g/mol. The number of allylic oxidation sites excluding steroid dienone is 6. The molecule has 2 aliphatic rings. The fourth-order valence-corrected chi connectivity index (χ4v) is 3.11. The molecule has 0 aromatic rings. The van der Waals surface area contributed by atoms with Crippen LogP contribution < -0.4 is 0 Å². The smallest absolute Gasteiger partial charge is 0.261 e. The number of Topliss-reactive ketones (excluding diaryl/α,β-unsaturated/α-hetero) is 2. The number of aliphatic hydroxyl groups is 2. The Morgan fingerprint density at radius 3 is 1.13 bits per heavy atom. The van der Waals surface area contributed by atoms with Gasteiger partial charge in [0.2, 0.25) is 0 Å². The van der Waals surface area contributed by atoms with Gasteiger partial charge in [-0.05, 0) is 35.5 Å². The van der Waals surface area contributed by atoms with Crippen LogP contribution in [0.3, 0.4) is 0 Å². The van der Waals surface area contributed by atoms with Gasteiger partial charge in [0.25, 0.3) is 11.6 Å². The number of hydrogen-bond donors (Lipinski definition) is 2. The predicted octanol–water partition coefficient (Wildman–Crippen LogP) is 1.34. The number of carbonyl (C=O) groups excluding carboxylic acids is 2. The molecule has 0 spiro atoms. The van der Waals surface area contributed by atoms with E-state index in [1.54, 1.807) is 36.5 Å². The Morgan fingerprint density at radius 1 is 0.667 bits per heavy atom. The lowest BCUT2D eigenvalue weighted by Crippen LogP contribution is -2.21. The number of ketones is 2. The van der Waals surface area contributed by atoms with Gasteiger partial charge >= 0.3 is 0 Å². The maximum Gasteiger partial charge on any atom is 0.261 e. The molecule has 2 rings (SSSR count). The summed E-state index contributed by atoms with van der Waals surface area (Å²) in [6, 6.07) is 0. The van der Waals surface area contributed by atoms with Crippen molar-refractivity contribution in [1.29, 1.82) is 0 Å². The molecule has 0 saturated carbocycles. The Kier molecular flexibility index (Phi) is 8.20. The van der Waals surface area contributed by atoms with Crippen LogP contribution in [0.1, 0.15) is 0 Å². The van der Waals surface area contributed by atoms with Crippen LogP contribution in [0, 0.1) is 11.8 Å². The van der Waals surface area contributed by atoms with E-state index in [1.165, 1.54) is 28.4 Å². The van der Waals surface area contributed by atoms with Gasteiger partial charge in [-0.25, -0.2) is 0 Å². The Hall–Kier alpha value is -3.10. The van der Waals surface area contributed by atoms with E-state index in [4.69, 9.17) is 18.9 Å². The van der Waals surface area contributed by atoms with Crippen molar-refractivity contribution in [1.82, 2.24) is 0 Å². The van der Waals surface area contributed by atoms with Crippen molar-refractivity contribution < 1.29 is 38.7 Å². The monoisotopic (exact) mass is 418 g/mol. The Morgan fingerprint density at radius 2 is 0.933 bits per heavy atom. The highest BCUT2D eigenvalue weighted by Crippen LogP contribution is 2.27. The molecule has 0 saturated heterocycles. The molecule has 0 unspecified atom stereocenters. The molecule has 0 bridgehead atoms. The second-order valence-electron chi connectivity index (χ2n) is 6.54. The summed E-state index contributed by atoms with van der Waals surface area (Å²) in [5.41, 5.74) is 1.19. The zero-order valence-electron chi connectivity index (χ0n) is 17.4. The molecular weight excluding hydrogens is 392 g/mol. The fourth-order valence-electron chi connectivity index (χ4n) is 3.11. The first kappa shape index (κ1) is 23.2. The Bertz CT molecular complexity index is 746. The van der Waals surface area contributed by atoms with E-state index in [-0.39, 0.29) is 47.8 Å². The van der Waals surface area contributed by atoms with Gasteiger partial charge in [0.1, 0.15) is 0 Å². The van der Waals surface area contributed by atoms with E-state index in [2.05, 4.69) is 0 Å². The topological polar surface area (TPSA) is 112 Å². The minimum absolute atomic E-state index is 0.113. The summed E-state index contributed by atoms with van der Waals surface area (Å²) in [4.78, 5) is 24.2. The van der Waals surface area contributed by atoms with Crippen molar-refractivity contribution >= 4 is 11.6 Å². The molecule has 0 aromatic heterocycles. The molecule has 30 heavy (non-hydrogen) atoms. The van der Waals surface area contributed by atoms with Crippen LogP contribution in [0.25, 0.3) is 0 Å². The van der Waals surface area contributed by atoms with Gasteiger partial charge in [0, 0.05) is 11.8 Å². The van der Waals surface area contributed by atoms with Gasteiger partial charge in [-0.1, -0.05) is 12.2 Å². The van der Waals surface area contributed by atoms with Crippen LogP contribution in [0.4, 0.5) is 0 Å². The number of aliphatic hydroxyl groups excluding tert-OH is 2. The number of ether oxygens (including phenoxy) is 4. The highest BCUT2D eigenvalue weighted by atomic mass is 16.5. The second-order valence-corrected chi connectivity index (χ2v) is 6.54. The number of hydrogen-bond acceptors (Lipinski definition) is 8. The summed E-state index contributed by atoms with van der Waals surface area (Å²) < 4.78 is 20.4. The molecule has 0 amide bonds. The molecule has 0 heterocycles. The number of methoxy groups -OCH3 is 4. The van der Waals surface area contributed by atoms with Crippen LogP contribution >= 0.6 is 0 Å². The van der Waals surface area contributed by atoms with E-state index in [0.29, 0.717) is 11.1 Å². The molecule has 2 atom stereocenters. The molecule has 2 aliphatic carbocycles. The lowest BCUT2D eigenvalue weighted by molar-refractivity contribution is -0.118. The summed E-state index contributed by atoms with van der Waals surface area (Å²) in [5, 5.41) is 19.9. The lowest BCUT2D eigenvalue weighted by atomic mass is 9.88. The van der Waals surface area contributed by atoms with Crippen LogP contribution in [-0.4, -0.2) is 63.4 Å². The van der Waals surface area contributed by atoms with E-state index in [9.17, 15) is 19.8 Å². The first-order chi connectivity index (χ1) is 14.4. The maximum atomic E-state index is 12.1. The normalized spacial score (nSPS) is 18.5. The molecule has 0 aromatic carbocycles. The zero-order chi connectivity index (χ0) is 22.3. The second kappa shape index (κ2) is 10.6. The first-order valence-corrected chi connectivity index (χ1v) is 9.19. The predicted molar refractivity (Wildman–Crippen MR) is 108 cm³/mol. The number of rotatable bonds is 9. The molecule has 162 valence electrons. The average Bonchev–Trinajstić information content (AvgIpc) is 2.77. The zero-order valence-corrected chi connectivity index (χ0v) is 17.4. The summed E-state index contributed by atoms with van der Waals surface area (Å²) in [6.45, 7) is -0.529. The Balaban J connectivity index is 2.41. The summed E-state index contributed by atoms with van der Waals surface area (Å²) in [6.07, 6.45) is 9.61.